The zero-order chi connectivity index (χ0) is 24.7. The molecule has 1 aromatic heterocycles. The number of methoxy groups -OCH3 is 2. The number of amides is 1. The molecule has 0 radical (unpaired) electrons. The highest BCUT2D eigenvalue weighted by Gasteiger charge is 2.40. The number of nitrogens with one attached hydrogen (secondary N) is 2. The van der Waals surface area contributed by atoms with Gasteiger partial charge in [-0.3, -0.25) is 14.9 Å². The van der Waals surface area contributed by atoms with Gasteiger partial charge < -0.3 is 14.8 Å². The van der Waals surface area contributed by atoms with Crippen LogP contribution in [0.2, 0.25) is 0 Å². The molecule has 7 nitrogen and oxygen atoms in total. The van der Waals surface area contributed by atoms with Crippen LogP contribution in [0.15, 0.2) is 63.4 Å². The van der Waals surface area contributed by atoms with Crippen LogP contribution in [0.4, 0.5) is 5.13 Å². The molecule has 0 bridgehead atoms. The number of carbonyl (C=O) groups is 2. The van der Waals surface area contributed by atoms with Crippen molar-refractivity contribution in [1.29, 1.82) is 0 Å². The second-order valence-corrected chi connectivity index (χ2v) is 10.4. The molecule has 0 spiro atoms. The van der Waals surface area contributed by atoms with E-state index in [2.05, 4.69) is 31.5 Å². The maximum atomic E-state index is 13.8. The summed E-state index contributed by atoms with van der Waals surface area (Å²) in [5.41, 5.74) is 4.18. The van der Waals surface area contributed by atoms with Crippen molar-refractivity contribution in [3.05, 3.63) is 69.0 Å². The van der Waals surface area contributed by atoms with E-state index < -0.39 is 5.92 Å². The number of rotatable bonds is 5. The van der Waals surface area contributed by atoms with Gasteiger partial charge in [-0.15, -0.1) is 0 Å². The Morgan fingerprint density at radius 1 is 1.17 bits per heavy atom. The second-order valence-electron chi connectivity index (χ2n) is 8.46. The lowest BCUT2D eigenvalue weighted by atomic mass is 9.74. The molecule has 2 aromatic carbocycles. The van der Waals surface area contributed by atoms with E-state index in [0.29, 0.717) is 45.5 Å². The van der Waals surface area contributed by atoms with Gasteiger partial charge in [-0.1, -0.05) is 27.3 Å². The topological polar surface area (TPSA) is 89.6 Å². The summed E-state index contributed by atoms with van der Waals surface area (Å²) < 4.78 is 13.0. The Balaban J connectivity index is 1.61. The highest BCUT2D eigenvalue weighted by Crippen LogP contribution is 2.46. The highest BCUT2D eigenvalue weighted by molar-refractivity contribution is 9.10. The number of aromatic nitrogens is 1. The van der Waals surface area contributed by atoms with Crippen molar-refractivity contribution in [1.82, 2.24) is 10.3 Å². The monoisotopic (exact) mass is 553 g/mol. The zero-order valence-corrected chi connectivity index (χ0v) is 21.9. The highest BCUT2D eigenvalue weighted by atomic mass is 79.9. The standard InChI is InChI=1S/C26H24BrN3O4S/c1-13-22(25(32)30-26-29-17-9-7-14(27)11-21(17)35-26)23(24-18(28-13)5-4-6-19(24)31)16-12-15(33-2)8-10-20(16)34-3/h7-12,23,28H,4-6H2,1-3H3,(H,29,30,32). The average Bonchev–Trinajstić information content (AvgIpc) is 3.23. The van der Waals surface area contributed by atoms with E-state index in [0.717, 1.165) is 33.2 Å². The van der Waals surface area contributed by atoms with Gasteiger partial charge in [0, 0.05) is 39.0 Å². The van der Waals surface area contributed by atoms with E-state index >= 15 is 0 Å². The first-order chi connectivity index (χ1) is 16.9. The van der Waals surface area contributed by atoms with E-state index in [-0.39, 0.29) is 11.7 Å². The molecule has 0 fully saturated rings. The fourth-order valence-electron chi connectivity index (χ4n) is 4.78. The summed E-state index contributed by atoms with van der Waals surface area (Å²) in [5, 5.41) is 6.82. The van der Waals surface area contributed by atoms with Gasteiger partial charge in [-0.2, -0.15) is 0 Å². The molecule has 2 aliphatic rings. The van der Waals surface area contributed by atoms with Crippen molar-refractivity contribution >= 4 is 54.3 Å². The van der Waals surface area contributed by atoms with Crippen LogP contribution in [-0.2, 0) is 9.59 Å². The molecule has 180 valence electrons. The van der Waals surface area contributed by atoms with E-state index in [1.54, 1.807) is 26.4 Å². The van der Waals surface area contributed by atoms with E-state index in [9.17, 15) is 9.59 Å². The van der Waals surface area contributed by atoms with Crippen LogP contribution < -0.4 is 20.1 Å². The summed E-state index contributed by atoms with van der Waals surface area (Å²) in [6, 6.07) is 11.2. The lowest BCUT2D eigenvalue weighted by Crippen LogP contribution is -2.35. The number of fused-ring (bicyclic) bond motifs is 1. The van der Waals surface area contributed by atoms with Gasteiger partial charge in [0.15, 0.2) is 10.9 Å². The molecule has 0 saturated heterocycles. The number of nitrogens with zero attached hydrogens (tertiary/aromatic N) is 1. The number of Topliss-reactive ketones (excluding diaryl/α,β-unsaturated/α-hetero) is 1. The van der Waals surface area contributed by atoms with Gasteiger partial charge in [-0.25, -0.2) is 4.98 Å². The first kappa shape index (κ1) is 23.6. The van der Waals surface area contributed by atoms with Crippen LogP contribution in [0.25, 0.3) is 10.2 Å². The van der Waals surface area contributed by atoms with Crippen molar-refractivity contribution < 1.29 is 19.1 Å². The fourth-order valence-corrected chi connectivity index (χ4v) is 6.19. The number of anilines is 1. The average molecular weight is 554 g/mol. The predicted molar refractivity (Wildman–Crippen MR) is 140 cm³/mol. The number of halogens is 1. The second kappa shape index (κ2) is 9.47. The normalized spacial score (nSPS) is 17.8. The Labute approximate surface area is 215 Å². The SMILES string of the molecule is COc1ccc(OC)c(C2C(C(=O)Nc3nc4ccc(Br)cc4s3)=C(C)NC3=C2C(=O)CCC3)c1. The number of allylic oxidation sites excluding steroid dienone is 3. The number of ketones is 1. The van der Waals surface area contributed by atoms with Gasteiger partial charge in [0.1, 0.15) is 11.5 Å². The summed E-state index contributed by atoms with van der Waals surface area (Å²) >= 11 is 4.88. The summed E-state index contributed by atoms with van der Waals surface area (Å²) in [5.74, 6) is 0.349. The molecule has 1 unspecified atom stereocenters. The third-order valence-electron chi connectivity index (χ3n) is 6.34. The maximum Gasteiger partial charge on any atom is 0.256 e. The predicted octanol–water partition coefficient (Wildman–Crippen LogP) is 5.68. The van der Waals surface area contributed by atoms with Crippen LogP contribution >= 0.6 is 27.3 Å². The Morgan fingerprint density at radius 2 is 2.00 bits per heavy atom. The van der Waals surface area contributed by atoms with Crippen molar-refractivity contribution in [2.75, 3.05) is 19.5 Å². The Hall–Kier alpha value is -3.17. The van der Waals surface area contributed by atoms with Crippen molar-refractivity contribution in [3.63, 3.8) is 0 Å². The molecule has 3 aromatic rings. The van der Waals surface area contributed by atoms with Crippen LogP contribution in [-0.4, -0.2) is 30.9 Å². The quantitative estimate of drug-likeness (QED) is 0.422. The lowest BCUT2D eigenvalue weighted by Gasteiger charge is -2.35. The van der Waals surface area contributed by atoms with Gasteiger partial charge in [0.2, 0.25) is 0 Å². The van der Waals surface area contributed by atoms with Gasteiger partial charge in [0.25, 0.3) is 5.91 Å². The summed E-state index contributed by atoms with van der Waals surface area (Å²) in [7, 11) is 3.17. The van der Waals surface area contributed by atoms with Gasteiger partial charge in [0.05, 0.1) is 30.4 Å². The Bertz CT molecular complexity index is 1430. The molecule has 2 N–H and O–H groups in total. The zero-order valence-electron chi connectivity index (χ0n) is 19.5. The maximum absolute atomic E-state index is 13.8. The molecular formula is C26H24BrN3O4S. The molecule has 1 amide bonds. The van der Waals surface area contributed by atoms with Gasteiger partial charge >= 0.3 is 0 Å². The van der Waals surface area contributed by atoms with E-state index in [1.165, 1.54) is 11.3 Å². The molecular weight excluding hydrogens is 530 g/mol. The molecule has 2 heterocycles. The number of ether oxygens (including phenoxy) is 2. The van der Waals surface area contributed by atoms with Crippen molar-refractivity contribution in [2.45, 2.75) is 32.1 Å². The molecule has 0 saturated carbocycles. The van der Waals surface area contributed by atoms with Crippen LogP contribution in [0.1, 0.15) is 37.7 Å². The van der Waals surface area contributed by atoms with Crippen LogP contribution in [0, 0.1) is 0 Å². The van der Waals surface area contributed by atoms with Crippen LogP contribution in [0.5, 0.6) is 11.5 Å². The minimum absolute atomic E-state index is 0.0382. The number of carbonyl (C=O) groups excluding carboxylic acids is 2. The first-order valence-corrected chi connectivity index (χ1v) is 12.8. The Morgan fingerprint density at radius 3 is 2.77 bits per heavy atom. The third-order valence-corrected chi connectivity index (χ3v) is 7.77. The van der Waals surface area contributed by atoms with Crippen molar-refractivity contribution in [2.24, 2.45) is 0 Å². The Kier molecular flexibility index (Phi) is 6.37. The number of hydrogen-bond acceptors (Lipinski definition) is 7. The van der Waals surface area contributed by atoms with E-state index in [1.807, 2.05) is 31.2 Å². The lowest BCUT2D eigenvalue weighted by molar-refractivity contribution is -0.116. The van der Waals surface area contributed by atoms with Crippen LogP contribution in [0.3, 0.4) is 0 Å². The summed E-state index contributed by atoms with van der Waals surface area (Å²) in [4.78, 5) is 31.6. The number of benzene rings is 2. The minimum atomic E-state index is -0.590. The smallest absolute Gasteiger partial charge is 0.256 e. The fraction of sp³-hybridized carbons (Fsp3) is 0.269. The number of hydrogen-bond donors (Lipinski definition) is 2. The minimum Gasteiger partial charge on any atom is -0.497 e. The molecule has 1 aliphatic heterocycles. The molecule has 1 atom stereocenters. The van der Waals surface area contributed by atoms with Gasteiger partial charge in [-0.05, 0) is 56.2 Å². The molecule has 5 rings (SSSR count). The summed E-state index contributed by atoms with van der Waals surface area (Å²) in [6.45, 7) is 1.87. The van der Waals surface area contributed by atoms with Crippen molar-refractivity contribution in [3.8, 4) is 11.5 Å². The molecule has 1 aliphatic carbocycles. The van der Waals surface area contributed by atoms with E-state index in [4.69, 9.17) is 9.47 Å². The molecule has 9 heteroatoms. The third kappa shape index (κ3) is 4.34. The largest absolute Gasteiger partial charge is 0.497 e. The number of dihydropyridines is 1. The number of thiazole rings is 1. The molecule has 35 heavy (non-hydrogen) atoms. The first-order valence-electron chi connectivity index (χ1n) is 11.2. The summed E-state index contributed by atoms with van der Waals surface area (Å²) in [6.07, 6.45) is 1.98.